The number of nitrogens with zero attached hydrogens (tertiary/aromatic N) is 1. The van der Waals surface area contributed by atoms with Crippen LogP contribution in [0, 0.1) is 0 Å². The molecule has 0 bridgehead atoms. The zero-order valence-electron chi connectivity index (χ0n) is 6.93. The Balaban J connectivity index is 2.56. The van der Waals surface area contributed by atoms with E-state index in [0.717, 1.165) is 0 Å². The van der Waals surface area contributed by atoms with Gasteiger partial charge < -0.3 is 4.84 Å². The first kappa shape index (κ1) is 8.59. The van der Waals surface area contributed by atoms with Gasteiger partial charge in [0.15, 0.2) is 5.75 Å². The lowest BCUT2D eigenvalue weighted by Crippen LogP contribution is -2.25. The van der Waals surface area contributed by atoms with Crippen LogP contribution in [0.25, 0.3) is 0 Å². The van der Waals surface area contributed by atoms with Crippen LogP contribution in [-0.4, -0.2) is 18.0 Å². The van der Waals surface area contributed by atoms with Crippen molar-refractivity contribution in [3.63, 3.8) is 0 Å². The van der Waals surface area contributed by atoms with Gasteiger partial charge in [-0.2, -0.15) is 5.06 Å². The van der Waals surface area contributed by atoms with Gasteiger partial charge in [0.1, 0.15) is 0 Å². The maximum absolute atomic E-state index is 10.3. The topological polar surface area (TPSA) is 29.5 Å². The summed E-state index contributed by atoms with van der Waals surface area (Å²) in [5, 5.41) is 1.23. The molecule has 0 saturated carbocycles. The third-order valence-electron chi connectivity index (χ3n) is 1.40. The Morgan fingerprint density at radius 2 is 2.08 bits per heavy atom. The lowest BCUT2D eigenvalue weighted by atomic mass is 10.3. The second kappa shape index (κ2) is 4.38. The highest BCUT2D eigenvalue weighted by Gasteiger charge is 1.98. The van der Waals surface area contributed by atoms with Crippen LogP contribution in [0.2, 0.25) is 0 Å². The van der Waals surface area contributed by atoms with Crippen molar-refractivity contribution in [2.75, 3.05) is 6.54 Å². The molecule has 0 radical (unpaired) electrons. The van der Waals surface area contributed by atoms with E-state index in [1.807, 2.05) is 25.1 Å². The van der Waals surface area contributed by atoms with E-state index in [4.69, 9.17) is 4.84 Å². The number of benzene rings is 1. The monoisotopic (exact) mass is 165 g/mol. The molecule has 1 aromatic rings. The molecule has 1 amide bonds. The van der Waals surface area contributed by atoms with Gasteiger partial charge in [-0.05, 0) is 19.1 Å². The van der Waals surface area contributed by atoms with E-state index < -0.39 is 0 Å². The molecule has 0 heterocycles. The highest BCUT2D eigenvalue weighted by Crippen LogP contribution is 2.08. The molecule has 0 atom stereocenters. The summed E-state index contributed by atoms with van der Waals surface area (Å²) >= 11 is 0. The highest BCUT2D eigenvalue weighted by atomic mass is 16.7. The number of hydrogen-bond donors (Lipinski definition) is 0. The number of carbonyl (C=O) groups excluding carboxylic acids is 1. The van der Waals surface area contributed by atoms with E-state index in [1.165, 1.54) is 5.06 Å². The number of hydroxylamine groups is 2. The molecule has 12 heavy (non-hydrogen) atoms. The van der Waals surface area contributed by atoms with Gasteiger partial charge in [-0.25, -0.2) is 0 Å². The van der Waals surface area contributed by atoms with E-state index in [0.29, 0.717) is 18.7 Å². The summed E-state index contributed by atoms with van der Waals surface area (Å²) in [4.78, 5) is 15.5. The van der Waals surface area contributed by atoms with Crippen LogP contribution in [-0.2, 0) is 4.79 Å². The van der Waals surface area contributed by atoms with Crippen LogP contribution in [0.15, 0.2) is 30.3 Å². The quantitative estimate of drug-likeness (QED) is 0.499. The summed E-state index contributed by atoms with van der Waals surface area (Å²) in [7, 11) is 0. The fourth-order valence-corrected chi connectivity index (χ4v) is 0.777. The highest BCUT2D eigenvalue weighted by molar-refractivity contribution is 5.45. The van der Waals surface area contributed by atoms with Crippen molar-refractivity contribution >= 4 is 6.41 Å². The molecular formula is C9H11NO2. The van der Waals surface area contributed by atoms with Gasteiger partial charge in [0, 0.05) is 0 Å². The second-order valence-corrected chi connectivity index (χ2v) is 2.24. The fourth-order valence-electron chi connectivity index (χ4n) is 0.777. The summed E-state index contributed by atoms with van der Waals surface area (Å²) in [6, 6.07) is 9.20. The summed E-state index contributed by atoms with van der Waals surface area (Å²) in [5.74, 6) is 0.673. The first-order valence-corrected chi connectivity index (χ1v) is 3.81. The lowest BCUT2D eigenvalue weighted by Gasteiger charge is -2.14. The number of amides is 1. The normalized spacial score (nSPS) is 9.08. The van der Waals surface area contributed by atoms with Gasteiger partial charge in [-0.1, -0.05) is 18.2 Å². The first-order valence-electron chi connectivity index (χ1n) is 3.81. The molecule has 0 spiro atoms. The molecule has 3 heteroatoms. The standard InChI is InChI=1S/C9H11NO2/c1-2-10(8-11)12-9-6-4-3-5-7-9/h3-8H,2H2,1H3. The van der Waals surface area contributed by atoms with E-state index in [2.05, 4.69) is 0 Å². The fraction of sp³-hybridized carbons (Fsp3) is 0.222. The molecule has 0 saturated heterocycles. The SMILES string of the molecule is CCN(C=O)Oc1ccccc1. The van der Waals surface area contributed by atoms with Gasteiger partial charge in [-0.3, -0.25) is 4.79 Å². The van der Waals surface area contributed by atoms with Crippen molar-refractivity contribution in [1.29, 1.82) is 0 Å². The van der Waals surface area contributed by atoms with Gasteiger partial charge in [0.2, 0.25) is 6.41 Å². The van der Waals surface area contributed by atoms with Gasteiger partial charge in [-0.15, -0.1) is 0 Å². The van der Waals surface area contributed by atoms with E-state index in [9.17, 15) is 4.79 Å². The third kappa shape index (κ3) is 2.27. The second-order valence-electron chi connectivity index (χ2n) is 2.24. The van der Waals surface area contributed by atoms with Crippen molar-refractivity contribution in [1.82, 2.24) is 5.06 Å². The average molecular weight is 165 g/mol. The molecule has 0 aliphatic heterocycles. The van der Waals surface area contributed by atoms with Crippen LogP contribution in [0.3, 0.4) is 0 Å². The smallest absolute Gasteiger partial charge is 0.242 e. The number of hydrogen-bond acceptors (Lipinski definition) is 2. The maximum atomic E-state index is 10.3. The zero-order valence-corrected chi connectivity index (χ0v) is 6.93. The Morgan fingerprint density at radius 3 is 2.58 bits per heavy atom. The van der Waals surface area contributed by atoms with E-state index in [-0.39, 0.29) is 0 Å². The predicted octanol–water partition coefficient (Wildman–Crippen LogP) is 1.46. The number of rotatable bonds is 4. The van der Waals surface area contributed by atoms with Gasteiger partial charge in [0.25, 0.3) is 0 Å². The minimum Gasteiger partial charge on any atom is -0.377 e. The summed E-state index contributed by atoms with van der Waals surface area (Å²) in [6.45, 7) is 2.38. The molecule has 0 aromatic heterocycles. The Bertz CT molecular complexity index is 236. The average Bonchev–Trinajstić information content (AvgIpc) is 2.16. The Kier molecular flexibility index (Phi) is 3.14. The number of para-hydroxylation sites is 1. The lowest BCUT2D eigenvalue weighted by molar-refractivity contribution is -0.141. The number of carbonyl (C=O) groups is 1. The summed E-state index contributed by atoms with van der Waals surface area (Å²) < 4.78 is 0. The Morgan fingerprint density at radius 1 is 1.42 bits per heavy atom. The molecule has 64 valence electrons. The Hall–Kier alpha value is -1.51. The van der Waals surface area contributed by atoms with Crippen LogP contribution in [0.1, 0.15) is 6.92 Å². The van der Waals surface area contributed by atoms with Crippen molar-refractivity contribution in [3.05, 3.63) is 30.3 Å². The molecule has 3 nitrogen and oxygen atoms in total. The van der Waals surface area contributed by atoms with Crippen LogP contribution in [0.5, 0.6) is 5.75 Å². The largest absolute Gasteiger partial charge is 0.377 e. The molecular weight excluding hydrogens is 154 g/mol. The summed E-state index contributed by atoms with van der Waals surface area (Å²) in [5.41, 5.74) is 0. The first-order chi connectivity index (χ1) is 5.86. The van der Waals surface area contributed by atoms with E-state index in [1.54, 1.807) is 12.1 Å². The van der Waals surface area contributed by atoms with E-state index >= 15 is 0 Å². The maximum Gasteiger partial charge on any atom is 0.242 e. The minimum absolute atomic E-state index is 0.540. The van der Waals surface area contributed by atoms with Crippen molar-refractivity contribution in [2.24, 2.45) is 0 Å². The summed E-state index contributed by atoms with van der Waals surface area (Å²) in [6.07, 6.45) is 0.660. The predicted molar refractivity (Wildman–Crippen MR) is 45.5 cm³/mol. The van der Waals surface area contributed by atoms with Crippen LogP contribution >= 0.6 is 0 Å². The van der Waals surface area contributed by atoms with Crippen molar-refractivity contribution in [3.8, 4) is 5.75 Å². The third-order valence-corrected chi connectivity index (χ3v) is 1.40. The Labute approximate surface area is 71.5 Å². The van der Waals surface area contributed by atoms with Crippen LogP contribution in [0.4, 0.5) is 0 Å². The molecule has 1 aromatic carbocycles. The molecule has 0 aliphatic carbocycles. The molecule has 0 fully saturated rings. The van der Waals surface area contributed by atoms with Crippen LogP contribution < -0.4 is 4.84 Å². The van der Waals surface area contributed by atoms with Gasteiger partial charge >= 0.3 is 0 Å². The van der Waals surface area contributed by atoms with Crippen molar-refractivity contribution < 1.29 is 9.63 Å². The minimum atomic E-state index is 0.540. The molecule has 0 N–H and O–H groups in total. The zero-order chi connectivity index (χ0) is 8.81. The molecule has 0 aliphatic rings. The molecule has 1 rings (SSSR count). The van der Waals surface area contributed by atoms with Crippen molar-refractivity contribution in [2.45, 2.75) is 6.92 Å². The van der Waals surface area contributed by atoms with Gasteiger partial charge in [0.05, 0.1) is 6.54 Å². The molecule has 0 unspecified atom stereocenters.